The third-order valence-corrected chi connectivity index (χ3v) is 7.88. The lowest BCUT2D eigenvalue weighted by atomic mass is 9.97. The topological polar surface area (TPSA) is 84.3 Å². The number of amides is 1. The molecule has 4 rings (SSSR count). The van der Waals surface area contributed by atoms with Crippen molar-refractivity contribution < 1.29 is 13.2 Å². The van der Waals surface area contributed by atoms with Crippen LogP contribution in [-0.2, 0) is 27.9 Å². The number of piperidine rings is 1. The van der Waals surface area contributed by atoms with Gasteiger partial charge in [0.2, 0.25) is 15.9 Å². The van der Waals surface area contributed by atoms with Crippen molar-refractivity contribution in [1.82, 2.24) is 19.4 Å². The van der Waals surface area contributed by atoms with Crippen molar-refractivity contribution in [3.63, 3.8) is 0 Å². The molecule has 1 saturated heterocycles. The maximum atomic E-state index is 12.8. The summed E-state index contributed by atoms with van der Waals surface area (Å²) in [6.07, 6.45) is 2.64. The Morgan fingerprint density at radius 1 is 1.03 bits per heavy atom. The highest BCUT2D eigenvalue weighted by Gasteiger charge is 2.29. The van der Waals surface area contributed by atoms with Gasteiger partial charge in [0.1, 0.15) is 0 Å². The van der Waals surface area contributed by atoms with Gasteiger partial charge < -0.3 is 5.32 Å². The largest absolute Gasteiger partial charge is 0.352 e. The van der Waals surface area contributed by atoms with E-state index in [0.717, 1.165) is 28.1 Å². The van der Waals surface area contributed by atoms with E-state index in [2.05, 4.69) is 28.6 Å². The standard InChI is InChI=1S/C27H32N4O3S/c1-21-17-22(2)31(29-21)20-25-10-6-9-24(18-25)19-28-27(32)26-11-14-30(15-12-26)35(33,34)16-13-23-7-4-3-5-8-23/h3-10,13,16-18,26H,11-12,14-15,19-20H2,1-2H3,(H,28,32). The molecule has 0 bridgehead atoms. The van der Waals surface area contributed by atoms with Crippen LogP contribution in [0.4, 0.5) is 0 Å². The van der Waals surface area contributed by atoms with Crippen molar-refractivity contribution in [1.29, 1.82) is 0 Å². The first-order valence-electron chi connectivity index (χ1n) is 11.9. The number of sulfonamides is 1. The fourth-order valence-electron chi connectivity index (χ4n) is 4.37. The number of carbonyl (C=O) groups excluding carboxylic acids is 1. The number of rotatable bonds is 8. The second-order valence-electron chi connectivity index (χ2n) is 9.05. The van der Waals surface area contributed by atoms with Crippen molar-refractivity contribution >= 4 is 22.0 Å². The van der Waals surface area contributed by atoms with Crippen molar-refractivity contribution in [2.75, 3.05) is 13.1 Å². The van der Waals surface area contributed by atoms with E-state index >= 15 is 0 Å². The first-order valence-corrected chi connectivity index (χ1v) is 13.4. The minimum Gasteiger partial charge on any atom is -0.352 e. The average molecular weight is 493 g/mol. The maximum Gasteiger partial charge on any atom is 0.236 e. The Bertz CT molecular complexity index is 1290. The third kappa shape index (κ3) is 6.68. The van der Waals surface area contributed by atoms with Crippen LogP contribution in [0.2, 0.25) is 0 Å². The van der Waals surface area contributed by atoms with E-state index in [-0.39, 0.29) is 11.8 Å². The molecule has 1 aliphatic rings. The van der Waals surface area contributed by atoms with Gasteiger partial charge in [-0.3, -0.25) is 9.48 Å². The van der Waals surface area contributed by atoms with Crippen LogP contribution in [0, 0.1) is 19.8 Å². The van der Waals surface area contributed by atoms with Gasteiger partial charge in [0.05, 0.1) is 12.2 Å². The fraction of sp³-hybridized carbons (Fsp3) is 0.333. The quantitative estimate of drug-likeness (QED) is 0.517. The lowest BCUT2D eigenvalue weighted by molar-refractivity contribution is -0.126. The molecule has 8 heteroatoms. The number of aromatic nitrogens is 2. The van der Waals surface area contributed by atoms with Crippen LogP contribution in [0.5, 0.6) is 0 Å². The molecule has 1 fully saturated rings. The number of nitrogens with one attached hydrogen (secondary N) is 1. The lowest BCUT2D eigenvalue weighted by Gasteiger charge is -2.29. The minimum atomic E-state index is -3.50. The number of carbonyl (C=O) groups is 1. The fourth-order valence-corrected chi connectivity index (χ4v) is 5.59. The predicted octanol–water partition coefficient (Wildman–Crippen LogP) is 3.88. The third-order valence-electron chi connectivity index (χ3n) is 6.31. The highest BCUT2D eigenvalue weighted by molar-refractivity contribution is 7.92. The molecule has 1 N–H and O–H groups in total. The molecule has 0 aliphatic carbocycles. The summed E-state index contributed by atoms with van der Waals surface area (Å²) in [6, 6.07) is 19.5. The first kappa shape index (κ1) is 24.9. The number of nitrogens with zero attached hydrogens (tertiary/aromatic N) is 3. The molecule has 0 spiro atoms. The van der Waals surface area contributed by atoms with E-state index in [0.29, 0.717) is 39.0 Å². The zero-order chi connectivity index (χ0) is 24.8. The summed E-state index contributed by atoms with van der Waals surface area (Å²) >= 11 is 0. The van der Waals surface area contributed by atoms with Crippen LogP contribution in [0.1, 0.15) is 40.9 Å². The molecule has 1 aromatic heterocycles. The van der Waals surface area contributed by atoms with Crippen molar-refractivity contribution in [3.8, 4) is 0 Å². The van der Waals surface area contributed by atoms with Crippen LogP contribution in [0.3, 0.4) is 0 Å². The van der Waals surface area contributed by atoms with Crippen LogP contribution in [0.15, 0.2) is 66.1 Å². The SMILES string of the molecule is Cc1cc(C)n(Cc2cccc(CNC(=O)C3CCN(S(=O)(=O)C=Cc4ccccc4)CC3)c2)n1. The zero-order valence-electron chi connectivity index (χ0n) is 20.2. The maximum absolute atomic E-state index is 12.8. The summed E-state index contributed by atoms with van der Waals surface area (Å²) < 4.78 is 28.8. The number of benzene rings is 2. The second kappa shape index (κ2) is 11.0. The van der Waals surface area contributed by atoms with E-state index in [1.165, 1.54) is 9.71 Å². The normalized spacial score (nSPS) is 15.5. The van der Waals surface area contributed by atoms with Gasteiger partial charge in [-0.1, -0.05) is 54.6 Å². The van der Waals surface area contributed by atoms with Crippen LogP contribution >= 0.6 is 0 Å². The average Bonchev–Trinajstić information content (AvgIpc) is 3.18. The van der Waals surface area contributed by atoms with Crippen LogP contribution < -0.4 is 5.32 Å². The summed E-state index contributed by atoms with van der Waals surface area (Å²) in [5, 5.41) is 8.80. The van der Waals surface area contributed by atoms with Gasteiger partial charge >= 0.3 is 0 Å². The summed E-state index contributed by atoms with van der Waals surface area (Å²) in [5.74, 6) is -0.205. The van der Waals surface area contributed by atoms with E-state index in [1.54, 1.807) is 6.08 Å². The van der Waals surface area contributed by atoms with Gasteiger partial charge in [-0.15, -0.1) is 0 Å². The monoisotopic (exact) mass is 492 g/mol. The molecule has 35 heavy (non-hydrogen) atoms. The van der Waals surface area contributed by atoms with E-state index in [4.69, 9.17) is 0 Å². The molecule has 2 aromatic carbocycles. The van der Waals surface area contributed by atoms with E-state index in [1.807, 2.05) is 61.0 Å². The molecular formula is C27H32N4O3S. The Hall–Kier alpha value is -3.23. The molecule has 0 unspecified atom stereocenters. The molecule has 3 aromatic rings. The molecule has 0 atom stereocenters. The molecule has 1 amide bonds. The molecule has 0 radical (unpaired) electrons. The summed E-state index contributed by atoms with van der Waals surface area (Å²) in [4.78, 5) is 12.8. The summed E-state index contributed by atoms with van der Waals surface area (Å²) in [5.41, 5.74) is 5.11. The lowest BCUT2D eigenvalue weighted by Crippen LogP contribution is -2.42. The number of hydrogen-bond donors (Lipinski definition) is 1. The first-order chi connectivity index (χ1) is 16.8. The van der Waals surface area contributed by atoms with Gasteiger partial charge in [-0.05, 0) is 55.5 Å². The Kier molecular flexibility index (Phi) is 7.83. The zero-order valence-corrected chi connectivity index (χ0v) is 21.0. The van der Waals surface area contributed by atoms with Crippen LogP contribution in [-0.4, -0.2) is 41.5 Å². The Balaban J connectivity index is 1.27. The molecule has 0 saturated carbocycles. The minimum absolute atomic E-state index is 0.0224. The Morgan fingerprint density at radius 2 is 1.74 bits per heavy atom. The second-order valence-corrected chi connectivity index (χ2v) is 10.9. The summed E-state index contributed by atoms with van der Waals surface area (Å²) in [6.45, 7) is 5.85. The van der Waals surface area contributed by atoms with Crippen molar-refractivity contribution in [2.24, 2.45) is 5.92 Å². The van der Waals surface area contributed by atoms with E-state index < -0.39 is 10.0 Å². The van der Waals surface area contributed by atoms with Gasteiger partial charge in [0, 0.05) is 36.7 Å². The molecule has 184 valence electrons. The van der Waals surface area contributed by atoms with Gasteiger partial charge in [0.25, 0.3) is 0 Å². The number of hydrogen-bond acceptors (Lipinski definition) is 4. The Morgan fingerprint density at radius 3 is 2.43 bits per heavy atom. The Labute approximate surface area is 207 Å². The summed E-state index contributed by atoms with van der Waals surface area (Å²) in [7, 11) is -3.50. The van der Waals surface area contributed by atoms with Gasteiger partial charge in [-0.25, -0.2) is 8.42 Å². The predicted molar refractivity (Wildman–Crippen MR) is 138 cm³/mol. The van der Waals surface area contributed by atoms with Crippen molar-refractivity contribution in [3.05, 3.63) is 94.1 Å². The highest BCUT2D eigenvalue weighted by Crippen LogP contribution is 2.21. The van der Waals surface area contributed by atoms with Gasteiger partial charge in [0.15, 0.2) is 0 Å². The smallest absolute Gasteiger partial charge is 0.236 e. The highest BCUT2D eigenvalue weighted by atomic mass is 32.2. The van der Waals surface area contributed by atoms with Crippen LogP contribution in [0.25, 0.3) is 6.08 Å². The van der Waals surface area contributed by atoms with Gasteiger partial charge in [-0.2, -0.15) is 9.40 Å². The number of aryl methyl sites for hydroxylation is 2. The molecular weight excluding hydrogens is 460 g/mol. The molecule has 2 heterocycles. The molecule has 7 nitrogen and oxygen atoms in total. The van der Waals surface area contributed by atoms with E-state index in [9.17, 15) is 13.2 Å². The van der Waals surface area contributed by atoms with Crippen molar-refractivity contribution in [2.45, 2.75) is 39.8 Å². The molecule has 1 aliphatic heterocycles.